The van der Waals surface area contributed by atoms with Crippen molar-refractivity contribution in [2.24, 2.45) is 0 Å². The Hall–Kier alpha value is -2.69. The fourth-order valence-electron chi connectivity index (χ4n) is 5.20. The van der Waals surface area contributed by atoms with E-state index in [0.717, 1.165) is 46.9 Å². The Kier molecular flexibility index (Phi) is 12.2. The Balaban J connectivity index is 0.00000267. The summed E-state index contributed by atoms with van der Waals surface area (Å²) in [7, 11) is 8.99. The number of carbonyl (C=O) groups is 1. The van der Waals surface area contributed by atoms with E-state index in [2.05, 4.69) is 125 Å². The topological polar surface area (TPSA) is 17.1 Å². The zero-order chi connectivity index (χ0) is 26.3. The molecular weight excluding hydrogens is 523 g/mol. The average Bonchev–Trinajstić information content (AvgIpc) is 2.89. The van der Waals surface area contributed by atoms with Gasteiger partial charge in [-0.05, 0) is 60.2 Å². The monoisotopic (exact) mass is 564 g/mol. The van der Waals surface area contributed by atoms with E-state index in [1.165, 1.54) is 28.1 Å². The van der Waals surface area contributed by atoms with Gasteiger partial charge in [0.2, 0.25) is 0 Å². The number of rotatable bonds is 11. The zero-order valence-electron chi connectivity index (χ0n) is 23.7. The molecule has 4 rings (SSSR count). The molecule has 0 saturated heterocycles. The molecule has 0 bridgehead atoms. The lowest BCUT2D eigenvalue weighted by atomic mass is 10.0. The standard InChI is InChI=1S/C34H42N2O.2ClH/c1-35(2,26-30-11-7-5-8-12-30)32-20-15-28(16-21-32)19-24-34(37)25-29-17-22-33(23-18-29)36(3,4)27-31-13-9-6-10-14-31;;/h5-7,9-11,13-18,20-23H,8,12,19,24-27H2,1-4H3;2*1H/q+2;;/p-2. The Morgan fingerprint density at radius 3 is 1.82 bits per heavy atom. The molecule has 3 nitrogen and oxygen atoms in total. The number of halogens is 2. The van der Waals surface area contributed by atoms with Crippen LogP contribution in [0.15, 0.2) is 103 Å². The molecule has 0 N–H and O–H groups in total. The summed E-state index contributed by atoms with van der Waals surface area (Å²) in [5.41, 5.74) is 7.70. The fraction of sp³-hybridized carbons (Fsp3) is 0.324. The van der Waals surface area contributed by atoms with Gasteiger partial charge < -0.3 is 24.8 Å². The first kappa shape index (κ1) is 32.5. The third-order valence-corrected chi connectivity index (χ3v) is 7.48. The number of Topliss-reactive ketones (excluding diaryl/α,β-unsaturated/α-hetero) is 1. The highest BCUT2D eigenvalue weighted by Crippen LogP contribution is 2.25. The molecule has 0 unspecified atom stereocenters. The lowest BCUT2D eigenvalue weighted by molar-refractivity contribution is -0.118. The van der Waals surface area contributed by atoms with Crippen LogP contribution < -0.4 is 33.8 Å². The predicted molar refractivity (Wildman–Crippen MR) is 159 cm³/mol. The van der Waals surface area contributed by atoms with Crippen LogP contribution >= 0.6 is 0 Å². The number of nitrogens with zero attached hydrogens (tertiary/aromatic N) is 2. The minimum Gasteiger partial charge on any atom is -1.00 e. The summed E-state index contributed by atoms with van der Waals surface area (Å²) in [5, 5.41) is 0. The summed E-state index contributed by atoms with van der Waals surface area (Å²) in [6.07, 6.45) is 10.9. The second-order valence-corrected chi connectivity index (χ2v) is 11.5. The summed E-state index contributed by atoms with van der Waals surface area (Å²) < 4.78 is 1.62. The first-order valence-corrected chi connectivity index (χ1v) is 13.5. The third-order valence-electron chi connectivity index (χ3n) is 7.48. The smallest absolute Gasteiger partial charge is 0.137 e. The molecule has 3 aromatic carbocycles. The molecule has 0 radical (unpaired) electrons. The van der Waals surface area contributed by atoms with Crippen LogP contribution in [0.1, 0.15) is 36.0 Å². The van der Waals surface area contributed by atoms with Gasteiger partial charge in [-0.1, -0.05) is 72.8 Å². The minimum atomic E-state index is 0. The summed E-state index contributed by atoms with van der Waals surface area (Å²) in [6, 6.07) is 28.0. The molecule has 0 fully saturated rings. The number of aryl methyl sites for hydroxylation is 1. The van der Waals surface area contributed by atoms with E-state index in [0.29, 0.717) is 18.6 Å². The van der Waals surface area contributed by atoms with Crippen molar-refractivity contribution in [2.45, 2.75) is 38.6 Å². The van der Waals surface area contributed by atoms with Gasteiger partial charge in [0.05, 0.1) is 28.2 Å². The van der Waals surface area contributed by atoms with Crippen LogP contribution in [0.5, 0.6) is 0 Å². The number of quaternary nitrogens is 2. The Labute approximate surface area is 247 Å². The maximum absolute atomic E-state index is 12.7. The summed E-state index contributed by atoms with van der Waals surface area (Å²) in [6.45, 7) is 1.96. The summed E-state index contributed by atoms with van der Waals surface area (Å²) in [4.78, 5) is 12.7. The van der Waals surface area contributed by atoms with Gasteiger partial charge in [-0.25, -0.2) is 0 Å². The second kappa shape index (κ2) is 14.6. The van der Waals surface area contributed by atoms with Gasteiger partial charge in [0.15, 0.2) is 0 Å². The van der Waals surface area contributed by atoms with Crippen molar-refractivity contribution in [3.05, 3.63) is 119 Å². The first-order chi connectivity index (χ1) is 17.7. The van der Waals surface area contributed by atoms with E-state index in [1.54, 1.807) is 0 Å². The molecule has 0 amide bonds. The predicted octanol–water partition coefficient (Wildman–Crippen LogP) is 1.05. The van der Waals surface area contributed by atoms with E-state index in [1.807, 2.05) is 0 Å². The largest absolute Gasteiger partial charge is 1.00 e. The van der Waals surface area contributed by atoms with Gasteiger partial charge in [-0.2, -0.15) is 0 Å². The van der Waals surface area contributed by atoms with E-state index < -0.39 is 0 Å². The van der Waals surface area contributed by atoms with Crippen molar-refractivity contribution in [1.82, 2.24) is 8.97 Å². The van der Waals surface area contributed by atoms with E-state index in [4.69, 9.17) is 0 Å². The van der Waals surface area contributed by atoms with Crippen molar-refractivity contribution < 1.29 is 29.6 Å². The van der Waals surface area contributed by atoms with Crippen LogP contribution in [0.4, 0.5) is 11.4 Å². The third kappa shape index (κ3) is 9.47. The van der Waals surface area contributed by atoms with Gasteiger partial charge in [0.25, 0.3) is 0 Å². The molecule has 0 aromatic heterocycles. The van der Waals surface area contributed by atoms with Crippen LogP contribution in [0.25, 0.3) is 0 Å². The van der Waals surface area contributed by atoms with Crippen LogP contribution in [-0.2, 0) is 24.2 Å². The number of likely N-dealkylation sites (N-methyl/N-ethyl adjacent to an activating group) is 1. The Morgan fingerprint density at radius 1 is 0.692 bits per heavy atom. The molecular formula is C34H42Cl2N2O. The number of ketones is 1. The number of hydrogen-bond donors (Lipinski definition) is 0. The Morgan fingerprint density at radius 2 is 1.26 bits per heavy atom. The maximum Gasteiger partial charge on any atom is 0.137 e. The molecule has 0 aliphatic heterocycles. The van der Waals surface area contributed by atoms with Gasteiger partial charge in [-0.3, -0.25) is 13.8 Å². The number of hydrogen-bond acceptors (Lipinski definition) is 1. The highest BCUT2D eigenvalue weighted by Gasteiger charge is 2.22. The van der Waals surface area contributed by atoms with Crippen LogP contribution in [0.2, 0.25) is 0 Å². The molecule has 208 valence electrons. The molecule has 39 heavy (non-hydrogen) atoms. The van der Waals surface area contributed by atoms with Crippen molar-refractivity contribution in [3.8, 4) is 0 Å². The van der Waals surface area contributed by atoms with Gasteiger partial charge in [0.1, 0.15) is 30.2 Å². The number of allylic oxidation sites excluding steroid dienone is 3. The molecule has 1 aliphatic carbocycles. The van der Waals surface area contributed by atoms with Crippen LogP contribution in [0.3, 0.4) is 0 Å². The lowest BCUT2D eigenvalue weighted by Gasteiger charge is -2.31. The number of benzene rings is 3. The molecule has 5 heteroatoms. The molecule has 1 aliphatic rings. The molecule has 0 spiro atoms. The quantitative estimate of drug-likeness (QED) is 0.318. The van der Waals surface area contributed by atoms with Crippen molar-refractivity contribution in [1.29, 1.82) is 0 Å². The Bertz CT molecular complexity index is 1240. The summed E-state index contributed by atoms with van der Waals surface area (Å²) >= 11 is 0. The summed E-state index contributed by atoms with van der Waals surface area (Å²) in [5.74, 6) is 0.295. The van der Waals surface area contributed by atoms with Gasteiger partial charge in [0, 0.05) is 18.4 Å². The van der Waals surface area contributed by atoms with E-state index >= 15 is 0 Å². The first-order valence-electron chi connectivity index (χ1n) is 13.5. The van der Waals surface area contributed by atoms with Crippen molar-refractivity contribution >= 4 is 17.2 Å². The highest BCUT2D eigenvalue weighted by molar-refractivity contribution is 5.81. The van der Waals surface area contributed by atoms with Crippen LogP contribution in [-0.4, -0.2) is 40.5 Å². The second-order valence-electron chi connectivity index (χ2n) is 11.5. The minimum absolute atomic E-state index is 0. The van der Waals surface area contributed by atoms with E-state index in [9.17, 15) is 4.79 Å². The highest BCUT2D eigenvalue weighted by atomic mass is 35.5. The molecule has 0 atom stereocenters. The lowest BCUT2D eigenvalue weighted by Crippen LogP contribution is -3.00. The molecule has 0 heterocycles. The SMILES string of the molecule is C[N+](C)(CC1=CC=CCC1)c1ccc(CCC(=O)Cc2ccc([N+](C)(C)Cc3ccccc3)cc2)cc1.[Cl-].[Cl-]. The average molecular weight is 566 g/mol. The van der Waals surface area contributed by atoms with Crippen LogP contribution in [0, 0.1) is 0 Å². The maximum atomic E-state index is 12.7. The molecule has 0 saturated carbocycles. The van der Waals surface area contributed by atoms with Gasteiger partial charge >= 0.3 is 0 Å². The normalized spacial score (nSPS) is 13.2. The number of carbonyl (C=O) groups excluding carboxylic acids is 1. The zero-order valence-corrected chi connectivity index (χ0v) is 25.3. The van der Waals surface area contributed by atoms with Gasteiger partial charge in [-0.15, -0.1) is 0 Å². The molecule has 3 aromatic rings. The van der Waals surface area contributed by atoms with E-state index in [-0.39, 0.29) is 24.8 Å². The fourth-order valence-corrected chi connectivity index (χ4v) is 5.20. The van der Waals surface area contributed by atoms with Crippen molar-refractivity contribution in [3.63, 3.8) is 0 Å². The van der Waals surface area contributed by atoms with Crippen molar-refractivity contribution in [2.75, 3.05) is 34.7 Å².